The van der Waals surface area contributed by atoms with Gasteiger partial charge in [0.05, 0.1) is 0 Å². The highest BCUT2D eigenvalue weighted by Crippen LogP contribution is 2.11. The number of nitrogens with zero attached hydrogens (tertiary/aromatic N) is 1. The van der Waals surface area contributed by atoms with Crippen molar-refractivity contribution >= 4 is 18.3 Å². The Kier molecular flexibility index (Phi) is 7.75. The zero-order valence-corrected chi connectivity index (χ0v) is 14.4. The van der Waals surface area contributed by atoms with E-state index in [2.05, 4.69) is 22.3 Å². The van der Waals surface area contributed by atoms with Gasteiger partial charge in [-0.05, 0) is 42.9 Å². The lowest BCUT2D eigenvalue weighted by molar-refractivity contribution is 0.0951. The highest BCUT2D eigenvalue weighted by atomic mass is 35.5. The van der Waals surface area contributed by atoms with Gasteiger partial charge in [-0.25, -0.2) is 0 Å². The number of benzene rings is 2. The quantitative estimate of drug-likeness (QED) is 0.854. The number of halogens is 1. The van der Waals surface area contributed by atoms with E-state index in [1.54, 1.807) is 0 Å². The van der Waals surface area contributed by atoms with Crippen LogP contribution in [0.3, 0.4) is 0 Å². The van der Waals surface area contributed by atoms with Gasteiger partial charge in [-0.1, -0.05) is 36.4 Å². The van der Waals surface area contributed by atoms with Crippen LogP contribution in [-0.4, -0.2) is 24.9 Å². The number of carbonyl (C=O) groups excluding carboxylic acids is 1. The molecule has 0 spiro atoms. The lowest BCUT2D eigenvalue weighted by atomic mass is 10.1. The molecular weight excluding hydrogens is 310 g/mol. The van der Waals surface area contributed by atoms with Gasteiger partial charge >= 0.3 is 0 Å². The largest absolute Gasteiger partial charge is 0.348 e. The fraction of sp³-hybridized carbons (Fsp3) is 0.278. The molecule has 0 fully saturated rings. The Morgan fingerprint density at radius 2 is 1.65 bits per heavy atom. The molecule has 3 N–H and O–H groups in total. The number of hydrogen-bond acceptors (Lipinski definition) is 3. The van der Waals surface area contributed by atoms with Crippen molar-refractivity contribution in [2.45, 2.75) is 19.6 Å². The maximum atomic E-state index is 12.2. The van der Waals surface area contributed by atoms with Crippen LogP contribution in [0.2, 0.25) is 0 Å². The van der Waals surface area contributed by atoms with E-state index in [0.717, 1.165) is 17.7 Å². The van der Waals surface area contributed by atoms with Gasteiger partial charge in [0.1, 0.15) is 0 Å². The number of amides is 1. The fourth-order valence-corrected chi connectivity index (χ4v) is 2.29. The first-order valence-corrected chi connectivity index (χ1v) is 7.39. The molecule has 2 aromatic carbocycles. The molecule has 0 aliphatic heterocycles. The molecule has 4 nitrogen and oxygen atoms in total. The van der Waals surface area contributed by atoms with Crippen molar-refractivity contribution in [3.8, 4) is 0 Å². The van der Waals surface area contributed by atoms with E-state index in [4.69, 9.17) is 5.73 Å². The molecule has 0 bridgehead atoms. The Bertz CT molecular complexity index is 626. The molecule has 0 aliphatic rings. The van der Waals surface area contributed by atoms with Gasteiger partial charge in [-0.3, -0.25) is 4.79 Å². The van der Waals surface area contributed by atoms with Gasteiger partial charge in [0.15, 0.2) is 0 Å². The minimum atomic E-state index is -0.0665. The van der Waals surface area contributed by atoms with Crippen molar-refractivity contribution in [1.29, 1.82) is 0 Å². The van der Waals surface area contributed by atoms with Crippen molar-refractivity contribution in [3.05, 3.63) is 70.8 Å². The summed E-state index contributed by atoms with van der Waals surface area (Å²) in [5.41, 5.74) is 9.61. The first kappa shape index (κ1) is 19.2. The van der Waals surface area contributed by atoms with Crippen molar-refractivity contribution in [1.82, 2.24) is 10.2 Å². The van der Waals surface area contributed by atoms with Gasteiger partial charge in [0.2, 0.25) is 0 Å². The van der Waals surface area contributed by atoms with Crippen LogP contribution in [0.5, 0.6) is 0 Å². The smallest absolute Gasteiger partial charge is 0.251 e. The minimum Gasteiger partial charge on any atom is -0.348 e. The highest BCUT2D eigenvalue weighted by molar-refractivity contribution is 5.94. The summed E-state index contributed by atoms with van der Waals surface area (Å²) in [7, 11) is 4.07. The van der Waals surface area contributed by atoms with Crippen LogP contribution in [-0.2, 0) is 19.6 Å². The monoisotopic (exact) mass is 333 g/mol. The average Bonchev–Trinajstić information content (AvgIpc) is 2.53. The standard InChI is InChI=1S/C18H23N3O.ClH/c1-21(2)13-17-6-4-3-5-16(17)12-20-18(22)15-9-7-14(11-19)8-10-15;/h3-10H,11-13,19H2,1-2H3,(H,20,22);1H. The molecule has 2 aromatic rings. The first-order chi connectivity index (χ1) is 10.6. The third kappa shape index (κ3) is 5.67. The van der Waals surface area contributed by atoms with Crippen molar-refractivity contribution < 1.29 is 4.79 Å². The Morgan fingerprint density at radius 1 is 1.04 bits per heavy atom. The summed E-state index contributed by atoms with van der Waals surface area (Å²) >= 11 is 0. The molecule has 0 aliphatic carbocycles. The molecule has 0 unspecified atom stereocenters. The number of nitrogens with one attached hydrogen (secondary N) is 1. The van der Waals surface area contributed by atoms with E-state index in [-0.39, 0.29) is 18.3 Å². The SMILES string of the molecule is CN(C)Cc1ccccc1CNC(=O)c1ccc(CN)cc1.Cl. The van der Waals surface area contributed by atoms with Gasteiger partial charge in [0.25, 0.3) is 5.91 Å². The summed E-state index contributed by atoms with van der Waals surface area (Å²) in [5, 5.41) is 2.98. The molecule has 1 amide bonds. The summed E-state index contributed by atoms with van der Waals surface area (Å²) in [4.78, 5) is 14.3. The van der Waals surface area contributed by atoms with E-state index >= 15 is 0 Å². The normalized spacial score (nSPS) is 10.3. The van der Waals surface area contributed by atoms with E-state index in [1.807, 2.05) is 50.5 Å². The van der Waals surface area contributed by atoms with Crippen molar-refractivity contribution in [2.75, 3.05) is 14.1 Å². The molecule has 5 heteroatoms. The second-order valence-electron chi connectivity index (χ2n) is 5.59. The van der Waals surface area contributed by atoms with Crippen LogP contribution < -0.4 is 11.1 Å². The summed E-state index contributed by atoms with van der Waals surface area (Å²) < 4.78 is 0. The van der Waals surface area contributed by atoms with Crippen LogP contribution in [0.25, 0.3) is 0 Å². The Hall–Kier alpha value is -1.88. The van der Waals surface area contributed by atoms with Crippen LogP contribution in [0, 0.1) is 0 Å². The third-order valence-electron chi connectivity index (χ3n) is 3.50. The van der Waals surface area contributed by atoms with Crippen LogP contribution in [0.15, 0.2) is 48.5 Å². The van der Waals surface area contributed by atoms with Gasteiger partial charge in [-0.15, -0.1) is 12.4 Å². The Balaban J connectivity index is 0.00000264. The number of nitrogens with two attached hydrogens (primary N) is 1. The maximum absolute atomic E-state index is 12.2. The number of hydrogen-bond donors (Lipinski definition) is 2. The van der Waals surface area contributed by atoms with Crippen molar-refractivity contribution in [2.24, 2.45) is 5.73 Å². The second-order valence-corrected chi connectivity index (χ2v) is 5.59. The zero-order chi connectivity index (χ0) is 15.9. The summed E-state index contributed by atoms with van der Waals surface area (Å²) in [6.07, 6.45) is 0. The number of carbonyl (C=O) groups is 1. The van der Waals surface area contributed by atoms with Gasteiger partial charge in [-0.2, -0.15) is 0 Å². The summed E-state index contributed by atoms with van der Waals surface area (Å²) in [5.74, 6) is -0.0665. The number of rotatable bonds is 6. The van der Waals surface area contributed by atoms with E-state index < -0.39 is 0 Å². The molecule has 23 heavy (non-hydrogen) atoms. The Labute approximate surface area is 144 Å². The third-order valence-corrected chi connectivity index (χ3v) is 3.50. The second kappa shape index (κ2) is 9.30. The molecular formula is C18H24ClN3O. The predicted octanol–water partition coefficient (Wildman–Crippen LogP) is 2.56. The van der Waals surface area contributed by atoms with Crippen LogP contribution in [0.4, 0.5) is 0 Å². The topological polar surface area (TPSA) is 58.4 Å². The molecule has 0 saturated heterocycles. The minimum absolute atomic E-state index is 0. The van der Waals surface area contributed by atoms with Gasteiger partial charge in [0, 0.05) is 25.2 Å². The lowest BCUT2D eigenvalue weighted by Gasteiger charge is -2.14. The van der Waals surface area contributed by atoms with E-state index in [9.17, 15) is 4.79 Å². The molecule has 0 heterocycles. The van der Waals surface area contributed by atoms with E-state index in [0.29, 0.717) is 18.7 Å². The molecule has 0 aromatic heterocycles. The highest BCUT2D eigenvalue weighted by Gasteiger charge is 2.07. The molecule has 0 saturated carbocycles. The average molecular weight is 334 g/mol. The van der Waals surface area contributed by atoms with Crippen molar-refractivity contribution in [3.63, 3.8) is 0 Å². The van der Waals surface area contributed by atoms with Gasteiger partial charge < -0.3 is 16.0 Å². The summed E-state index contributed by atoms with van der Waals surface area (Å²) in [6.45, 7) is 1.87. The molecule has 2 rings (SSSR count). The lowest BCUT2D eigenvalue weighted by Crippen LogP contribution is -2.24. The molecule has 0 atom stereocenters. The zero-order valence-electron chi connectivity index (χ0n) is 13.6. The van der Waals surface area contributed by atoms with Crippen LogP contribution >= 0.6 is 12.4 Å². The summed E-state index contributed by atoms with van der Waals surface area (Å²) in [6, 6.07) is 15.6. The van der Waals surface area contributed by atoms with E-state index in [1.165, 1.54) is 5.56 Å². The molecule has 0 radical (unpaired) electrons. The molecule has 124 valence electrons. The fourth-order valence-electron chi connectivity index (χ4n) is 2.29. The predicted molar refractivity (Wildman–Crippen MR) is 96.6 cm³/mol. The van der Waals surface area contributed by atoms with Crippen LogP contribution in [0.1, 0.15) is 27.0 Å². The maximum Gasteiger partial charge on any atom is 0.251 e. The first-order valence-electron chi connectivity index (χ1n) is 7.39. The Morgan fingerprint density at radius 3 is 2.22 bits per heavy atom.